The lowest BCUT2D eigenvalue weighted by Gasteiger charge is -2.06. The first kappa shape index (κ1) is 15.9. The van der Waals surface area contributed by atoms with Gasteiger partial charge in [0.15, 0.2) is 9.84 Å². The number of aromatic nitrogens is 2. The monoisotopic (exact) mass is 321 g/mol. The predicted molar refractivity (Wildman–Crippen MR) is 80.2 cm³/mol. The van der Waals surface area contributed by atoms with Gasteiger partial charge in [0.25, 0.3) is 11.5 Å². The van der Waals surface area contributed by atoms with E-state index in [1.54, 1.807) is 19.1 Å². The van der Waals surface area contributed by atoms with Gasteiger partial charge in [0.05, 0.1) is 10.6 Å². The van der Waals surface area contributed by atoms with Crippen molar-refractivity contribution in [2.75, 3.05) is 5.75 Å². The molecule has 1 amide bonds. The van der Waals surface area contributed by atoms with Crippen molar-refractivity contribution < 1.29 is 13.2 Å². The second-order valence-electron chi connectivity index (χ2n) is 4.54. The van der Waals surface area contributed by atoms with Gasteiger partial charge in [0.1, 0.15) is 5.69 Å². The zero-order valence-corrected chi connectivity index (χ0v) is 12.7. The number of nitrogens with one attached hydrogen (secondary N) is 2. The smallest absolute Gasteiger partial charge is 0.271 e. The fraction of sp³-hybridized carbons (Fsp3) is 0.214. The van der Waals surface area contributed by atoms with Gasteiger partial charge in [-0.25, -0.2) is 13.5 Å². The van der Waals surface area contributed by atoms with Crippen molar-refractivity contribution in [1.82, 2.24) is 15.5 Å². The highest BCUT2D eigenvalue weighted by Crippen LogP contribution is 2.12. The quantitative estimate of drug-likeness (QED) is 0.833. The van der Waals surface area contributed by atoms with Gasteiger partial charge in [-0.15, -0.1) is 0 Å². The van der Waals surface area contributed by atoms with Crippen LogP contribution in [0, 0.1) is 0 Å². The van der Waals surface area contributed by atoms with E-state index in [-0.39, 0.29) is 28.4 Å². The van der Waals surface area contributed by atoms with Gasteiger partial charge in [-0.3, -0.25) is 9.59 Å². The standard InChI is InChI=1S/C14H15N3O4S/c1-2-22(20,21)11-5-3-10(4-6-11)9-15-14(19)12-7-8-13(18)17-16-12/h3-8H,2,9H2,1H3,(H,15,19)(H,17,18). The summed E-state index contributed by atoms with van der Waals surface area (Å²) in [4.78, 5) is 22.9. The highest BCUT2D eigenvalue weighted by atomic mass is 32.2. The number of rotatable bonds is 5. The van der Waals surface area contributed by atoms with E-state index in [4.69, 9.17) is 0 Å². The molecule has 0 unspecified atom stereocenters. The Morgan fingerprint density at radius 3 is 2.41 bits per heavy atom. The minimum Gasteiger partial charge on any atom is -0.347 e. The highest BCUT2D eigenvalue weighted by Gasteiger charge is 2.11. The van der Waals surface area contributed by atoms with Gasteiger partial charge in [0, 0.05) is 12.6 Å². The molecule has 0 saturated heterocycles. The van der Waals surface area contributed by atoms with Crippen LogP contribution in [-0.2, 0) is 16.4 Å². The van der Waals surface area contributed by atoms with Crippen molar-refractivity contribution in [3.8, 4) is 0 Å². The molecule has 22 heavy (non-hydrogen) atoms. The van der Waals surface area contributed by atoms with Crippen LogP contribution >= 0.6 is 0 Å². The molecule has 0 atom stereocenters. The SMILES string of the molecule is CCS(=O)(=O)c1ccc(CNC(=O)c2ccc(=O)[nH]n2)cc1. The summed E-state index contributed by atoms with van der Waals surface area (Å²) < 4.78 is 23.4. The molecule has 2 rings (SSSR count). The van der Waals surface area contributed by atoms with Crippen LogP contribution in [0.2, 0.25) is 0 Å². The van der Waals surface area contributed by atoms with Crippen LogP contribution in [0.25, 0.3) is 0 Å². The van der Waals surface area contributed by atoms with Gasteiger partial charge in [-0.1, -0.05) is 19.1 Å². The van der Waals surface area contributed by atoms with Crippen LogP contribution in [0.3, 0.4) is 0 Å². The molecule has 2 aromatic rings. The van der Waals surface area contributed by atoms with Crippen LogP contribution in [0.1, 0.15) is 23.0 Å². The Morgan fingerprint density at radius 2 is 1.86 bits per heavy atom. The lowest BCUT2D eigenvalue weighted by Crippen LogP contribution is -2.25. The third kappa shape index (κ3) is 3.79. The minimum absolute atomic E-state index is 0.0426. The summed E-state index contributed by atoms with van der Waals surface area (Å²) in [6.45, 7) is 1.81. The van der Waals surface area contributed by atoms with Gasteiger partial charge in [0.2, 0.25) is 0 Å². The largest absolute Gasteiger partial charge is 0.347 e. The lowest BCUT2D eigenvalue weighted by atomic mass is 10.2. The lowest BCUT2D eigenvalue weighted by molar-refractivity contribution is 0.0944. The molecule has 7 nitrogen and oxygen atoms in total. The second kappa shape index (κ2) is 6.52. The van der Waals surface area contributed by atoms with Crippen LogP contribution in [0.5, 0.6) is 0 Å². The molecule has 1 aromatic heterocycles. The molecule has 0 radical (unpaired) electrons. The molecule has 8 heteroatoms. The number of H-pyrrole nitrogens is 1. The van der Waals surface area contributed by atoms with Crippen molar-refractivity contribution in [2.24, 2.45) is 0 Å². The van der Waals surface area contributed by atoms with Crippen molar-refractivity contribution in [1.29, 1.82) is 0 Å². The zero-order chi connectivity index (χ0) is 16.2. The van der Waals surface area contributed by atoms with E-state index in [9.17, 15) is 18.0 Å². The predicted octanol–water partition coefficient (Wildman–Crippen LogP) is 0.493. The van der Waals surface area contributed by atoms with E-state index in [0.29, 0.717) is 0 Å². The van der Waals surface area contributed by atoms with Crippen LogP contribution in [-0.4, -0.2) is 30.3 Å². The summed E-state index contributed by atoms with van der Waals surface area (Å²) in [6.07, 6.45) is 0. The Morgan fingerprint density at radius 1 is 1.18 bits per heavy atom. The summed E-state index contributed by atoms with van der Waals surface area (Å²) in [7, 11) is -3.22. The molecule has 0 aliphatic rings. The molecule has 0 aliphatic heterocycles. The fourth-order valence-corrected chi connectivity index (χ4v) is 2.61. The molecular weight excluding hydrogens is 306 g/mol. The summed E-state index contributed by atoms with van der Waals surface area (Å²) >= 11 is 0. The average Bonchev–Trinajstić information content (AvgIpc) is 2.53. The van der Waals surface area contributed by atoms with Gasteiger partial charge in [-0.05, 0) is 23.8 Å². The first-order valence-corrected chi connectivity index (χ1v) is 8.23. The molecule has 0 aliphatic carbocycles. The van der Waals surface area contributed by atoms with E-state index >= 15 is 0 Å². The topological polar surface area (TPSA) is 109 Å². The Labute approximate surface area is 127 Å². The number of benzene rings is 1. The summed E-state index contributed by atoms with van der Waals surface area (Å²) in [5.41, 5.74) is 0.474. The van der Waals surface area contributed by atoms with Crippen molar-refractivity contribution in [2.45, 2.75) is 18.4 Å². The molecular formula is C14H15N3O4S. The van der Waals surface area contributed by atoms with Crippen LogP contribution in [0.15, 0.2) is 46.1 Å². The Hall–Kier alpha value is -2.48. The van der Waals surface area contributed by atoms with Crippen LogP contribution in [0.4, 0.5) is 0 Å². The molecule has 0 spiro atoms. The van der Waals surface area contributed by atoms with Gasteiger partial charge < -0.3 is 5.32 Å². The molecule has 0 saturated carbocycles. The van der Waals surface area contributed by atoms with E-state index in [1.165, 1.54) is 24.3 Å². The second-order valence-corrected chi connectivity index (χ2v) is 6.81. The first-order chi connectivity index (χ1) is 10.4. The summed E-state index contributed by atoms with van der Waals surface area (Å²) in [6, 6.07) is 8.85. The number of hydrogen-bond donors (Lipinski definition) is 2. The highest BCUT2D eigenvalue weighted by molar-refractivity contribution is 7.91. The number of amides is 1. The number of sulfone groups is 1. The Bertz CT molecular complexity index is 805. The number of carbonyl (C=O) groups excluding carboxylic acids is 1. The summed E-state index contributed by atoms with van der Waals surface area (Å²) in [5.74, 6) is -0.387. The maximum Gasteiger partial charge on any atom is 0.271 e. The van der Waals surface area contributed by atoms with Gasteiger partial charge >= 0.3 is 0 Å². The van der Waals surface area contributed by atoms with E-state index in [0.717, 1.165) is 5.56 Å². The average molecular weight is 321 g/mol. The molecule has 116 valence electrons. The number of aromatic amines is 1. The molecule has 0 fully saturated rings. The number of carbonyl (C=O) groups is 1. The molecule has 1 aromatic carbocycles. The zero-order valence-electron chi connectivity index (χ0n) is 11.9. The van der Waals surface area contributed by atoms with Crippen molar-refractivity contribution >= 4 is 15.7 Å². The Kier molecular flexibility index (Phi) is 4.71. The van der Waals surface area contributed by atoms with E-state index < -0.39 is 15.7 Å². The van der Waals surface area contributed by atoms with E-state index in [1.807, 2.05) is 0 Å². The summed E-state index contributed by atoms with van der Waals surface area (Å²) in [5, 5.41) is 8.43. The molecule has 2 N–H and O–H groups in total. The third-order valence-corrected chi connectivity index (χ3v) is 4.78. The van der Waals surface area contributed by atoms with Crippen molar-refractivity contribution in [3.05, 3.63) is 58.0 Å². The van der Waals surface area contributed by atoms with Gasteiger partial charge in [-0.2, -0.15) is 5.10 Å². The molecule has 1 heterocycles. The minimum atomic E-state index is -3.22. The van der Waals surface area contributed by atoms with Crippen molar-refractivity contribution in [3.63, 3.8) is 0 Å². The fourth-order valence-electron chi connectivity index (χ4n) is 1.73. The number of nitrogens with zero attached hydrogens (tertiary/aromatic N) is 1. The third-order valence-electron chi connectivity index (χ3n) is 3.03. The number of hydrogen-bond acceptors (Lipinski definition) is 5. The maximum absolute atomic E-state index is 11.8. The maximum atomic E-state index is 11.8. The van der Waals surface area contributed by atoms with Crippen LogP contribution < -0.4 is 10.9 Å². The molecule has 0 bridgehead atoms. The normalized spacial score (nSPS) is 11.1. The Balaban J connectivity index is 2.01. The van der Waals surface area contributed by atoms with E-state index in [2.05, 4.69) is 15.5 Å². The first-order valence-electron chi connectivity index (χ1n) is 6.58.